The Labute approximate surface area is 94.6 Å². The highest BCUT2D eigenvalue weighted by atomic mass is 32.2. The van der Waals surface area contributed by atoms with Gasteiger partial charge in [0, 0.05) is 6.20 Å². The minimum absolute atomic E-state index is 0.127. The second kappa shape index (κ2) is 4.26. The van der Waals surface area contributed by atoms with Crippen LogP contribution in [0.15, 0.2) is 12.3 Å². The van der Waals surface area contributed by atoms with E-state index in [2.05, 4.69) is 11.2 Å². The highest BCUT2D eigenvalue weighted by molar-refractivity contribution is 7.91. The van der Waals surface area contributed by atoms with Crippen molar-refractivity contribution in [1.82, 2.24) is 9.78 Å². The Morgan fingerprint density at radius 3 is 2.81 bits per heavy atom. The Morgan fingerprint density at radius 2 is 2.19 bits per heavy atom. The molecule has 0 radical (unpaired) electrons. The van der Waals surface area contributed by atoms with Crippen LogP contribution in [-0.2, 0) is 16.3 Å². The van der Waals surface area contributed by atoms with Crippen LogP contribution in [0.1, 0.15) is 24.6 Å². The maximum Gasteiger partial charge on any atom is 0.150 e. The lowest BCUT2D eigenvalue weighted by atomic mass is 10.1. The van der Waals surface area contributed by atoms with Crippen molar-refractivity contribution in [1.29, 1.82) is 5.26 Å². The van der Waals surface area contributed by atoms with Crippen LogP contribution in [0.2, 0.25) is 0 Å². The smallest absolute Gasteiger partial charge is 0.150 e. The zero-order chi connectivity index (χ0) is 11.6. The number of nitrogens with zero attached hydrogens (tertiary/aromatic N) is 3. The van der Waals surface area contributed by atoms with Crippen molar-refractivity contribution >= 4 is 9.84 Å². The zero-order valence-electron chi connectivity index (χ0n) is 8.83. The molecule has 16 heavy (non-hydrogen) atoms. The maximum atomic E-state index is 11.3. The molecule has 1 saturated heterocycles. The van der Waals surface area contributed by atoms with Crippen LogP contribution in [0, 0.1) is 11.3 Å². The summed E-state index contributed by atoms with van der Waals surface area (Å²) in [5.41, 5.74) is 0.867. The van der Waals surface area contributed by atoms with Gasteiger partial charge in [-0.05, 0) is 18.9 Å². The molecule has 1 aliphatic heterocycles. The summed E-state index contributed by atoms with van der Waals surface area (Å²) in [6, 6.07) is 4.03. The number of nitriles is 1. The van der Waals surface area contributed by atoms with Crippen molar-refractivity contribution in [2.75, 3.05) is 11.5 Å². The number of aromatic nitrogens is 2. The van der Waals surface area contributed by atoms with Crippen LogP contribution >= 0.6 is 0 Å². The van der Waals surface area contributed by atoms with Gasteiger partial charge in [-0.2, -0.15) is 10.4 Å². The van der Waals surface area contributed by atoms with Crippen LogP contribution in [0.25, 0.3) is 0 Å². The van der Waals surface area contributed by atoms with Crippen molar-refractivity contribution in [2.24, 2.45) is 0 Å². The Hall–Kier alpha value is -1.35. The fourth-order valence-electron chi connectivity index (χ4n) is 2.01. The average Bonchev–Trinajstić information content (AvgIpc) is 2.67. The molecule has 0 unspecified atom stereocenters. The Kier molecular flexibility index (Phi) is 2.97. The molecule has 1 aromatic heterocycles. The second-order valence-corrected chi connectivity index (χ2v) is 6.29. The van der Waals surface area contributed by atoms with Gasteiger partial charge in [0.2, 0.25) is 0 Å². The molecule has 0 aliphatic carbocycles. The minimum atomic E-state index is -2.84. The quantitative estimate of drug-likeness (QED) is 0.761. The van der Waals surface area contributed by atoms with Gasteiger partial charge in [-0.3, -0.25) is 4.68 Å². The molecule has 0 bridgehead atoms. The summed E-state index contributed by atoms with van der Waals surface area (Å²) in [5.74, 6) is 0.451. The summed E-state index contributed by atoms with van der Waals surface area (Å²) in [6.45, 7) is 0. The van der Waals surface area contributed by atoms with Gasteiger partial charge in [-0.1, -0.05) is 0 Å². The number of hydrogen-bond donors (Lipinski definition) is 0. The van der Waals surface area contributed by atoms with Gasteiger partial charge in [0.05, 0.1) is 35.7 Å². The Bertz CT molecular complexity index is 498. The Balaban J connectivity index is 2.14. The summed E-state index contributed by atoms with van der Waals surface area (Å²) in [6.07, 6.45) is 3.18. The molecule has 0 amide bonds. The van der Waals surface area contributed by atoms with Crippen LogP contribution in [0.3, 0.4) is 0 Å². The first-order chi connectivity index (χ1) is 7.62. The van der Waals surface area contributed by atoms with E-state index in [9.17, 15) is 8.42 Å². The lowest BCUT2D eigenvalue weighted by Crippen LogP contribution is -2.26. The Morgan fingerprint density at radius 1 is 1.50 bits per heavy atom. The summed E-state index contributed by atoms with van der Waals surface area (Å²) in [7, 11) is -2.84. The van der Waals surface area contributed by atoms with Crippen molar-refractivity contribution in [3.63, 3.8) is 0 Å². The molecule has 5 nitrogen and oxygen atoms in total. The van der Waals surface area contributed by atoms with E-state index in [1.54, 1.807) is 10.9 Å². The van der Waals surface area contributed by atoms with E-state index >= 15 is 0 Å². The van der Waals surface area contributed by atoms with Crippen molar-refractivity contribution < 1.29 is 8.42 Å². The molecule has 6 heteroatoms. The molecule has 0 N–H and O–H groups in total. The van der Waals surface area contributed by atoms with Gasteiger partial charge in [-0.15, -0.1) is 0 Å². The van der Waals surface area contributed by atoms with Crippen LogP contribution < -0.4 is 0 Å². The summed E-state index contributed by atoms with van der Waals surface area (Å²) >= 11 is 0. The maximum absolute atomic E-state index is 11.3. The van der Waals surface area contributed by atoms with Crippen LogP contribution in [0.5, 0.6) is 0 Å². The van der Waals surface area contributed by atoms with Crippen molar-refractivity contribution in [3.05, 3.63) is 18.0 Å². The summed E-state index contributed by atoms with van der Waals surface area (Å²) in [4.78, 5) is 0. The molecule has 2 heterocycles. The topological polar surface area (TPSA) is 75.8 Å². The van der Waals surface area contributed by atoms with Gasteiger partial charge in [0.15, 0.2) is 0 Å². The lowest BCUT2D eigenvalue weighted by molar-refractivity contribution is 0.404. The van der Waals surface area contributed by atoms with E-state index < -0.39 is 9.84 Å². The third kappa shape index (κ3) is 2.25. The molecule has 0 saturated carbocycles. The summed E-state index contributed by atoms with van der Waals surface area (Å²) < 4.78 is 24.4. The number of sulfone groups is 1. The normalized spacial score (nSPS) is 20.4. The molecule has 0 spiro atoms. The van der Waals surface area contributed by atoms with Gasteiger partial charge in [-0.25, -0.2) is 8.42 Å². The zero-order valence-corrected chi connectivity index (χ0v) is 9.65. The first-order valence-corrected chi connectivity index (χ1v) is 7.04. The summed E-state index contributed by atoms with van der Waals surface area (Å²) in [5, 5.41) is 12.8. The largest absolute Gasteiger partial charge is 0.265 e. The van der Waals surface area contributed by atoms with Gasteiger partial charge in [0.25, 0.3) is 0 Å². The second-order valence-electron chi connectivity index (χ2n) is 3.98. The molecule has 0 aromatic carbocycles. The molecule has 86 valence electrons. The molecule has 1 aliphatic rings. The molecule has 1 aromatic rings. The fraction of sp³-hybridized carbons (Fsp3) is 0.600. The van der Waals surface area contributed by atoms with E-state index in [-0.39, 0.29) is 17.5 Å². The predicted octanol–water partition coefficient (Wildman–Crippen LogP) is 0.699. The lowest BCUT2D eigenvalue weighted by Gasteiger charge is -2.23. The predicted molar refractivity (Wildman–Crippen MR) is 58.5 cm³/mol. The molecule has 1 fully saturated rings. The van der Waals surface area contributed by atoms with E-state index in [0.29, 0.717) is 19.3 Å². The first kappa shape index (κ1) is 11.1. The monoisotopic (exact) mass is 239 g/mol. The standard InChI is InChI=1S/C10H13N3O2S/c11-5-1-9-2-6-12-13(9)10-3-7-16(14,15)8-4-10/h2,6,10H,1,3-4,7-8H2. The third-order valence-corrected chi connectivity index (χ3v) is 4.60. The van der Waals surface area contributed by atoms with Crippen LogP contribution in [0.4, 0.5) is 0 Å². The van der Waals surface area contributed by atoms with Gasteiger partial charge >= 0.3 is 0 Å². The molecule has 0 atom stereocenters. The van der Waals surface area contributed by atoms with Gasteiger partial charge in [0.1, 0.15) is 9.84 Å². The first-order valence-electron chi connectivity index (χ1n) is 5.22. The molecular weight excluding hydrogens is 226 g/mol. The average molecular weight is 239 g/mol. The van der Waals surface area contributed by atoms with E-state index in [4.69, 9.17) is 5.26 Å². The highest BCUT2D eigenvalue weighted by Gasteiger charge is 2.26. The van der Waals surface area contributed by atoms with Crippen molar-refractivity contribution in [3.8, 4) is 6.07 Å². The fourth-order valence-corrected chi connectivity index (χ4v) is 3.48. The van der Waals surface area contributed by atoms with Gasteiger partial charge < -0.3 is 0 Å². The van der Waals surface area contributed by atoms with E-state index in [1.807, 2.05) is 6.07 Å². The van der Waals surface area contributed by atoms with Crippen LogP contribution in [-0.4, -0.2) is 29.7 Å². The van der Waals surface area contributed by atoms with E-state index in [0.717, 1.165) is 5.69 Å². The molecular formula is C10H13N3O2S. The third-order valence-electron chi connectivity index (χ3n) is 2.88. The highest BCUT2D eigenvalue weighted by Crippen LogP contribution is 2.24. The number of rotatable bonds is 2. The SMILES string of the molecule is N#CCc1ccnn1C1CCS(=O)(=O)CC1. The van der Waals surface area contributed by atoms with Crippen molar-refractivity contribution in [2.45, 2.75) is 25.3 Å². The minimum Gasteiger partial charge on any atom is -0.265 e. The van der Waals surface area contributed by atoms with E-state index in [1.165, 1.54) is 0 Å². The molecule has 2 rings (SSSR count). The number of hydrogen-bond acceptors (Lipinski definition) is 4.